The van der Waals surface area contributed by atoms with Crippen molar-refractivity contribution in [2.24, 2.45) is 5.92 Å². The van der Waals surface area contributed by atoms with Crippen LogP contribution in [0.3, 0.4) is 0 Å². The average Bonchev–Trinajstić information content (AvgIpc) is 2.88. The first-order valence-corrected chi connectivity index (χ1v) is 14.1. The summed E-state index contributed by atoms with van der Waals surface area (Å²) in [5.74, 6) is -0.181. The number of esters is 1. The van der Waals surface area contributed by atoms with Crippen molar-refractivity contribution in [1.82, 2.24) is 10.4 Å². The van der Waals surface area contributed by atoms with E-state index in [9.17, 15) is 13.2 Å². The van der Waals surface area contributed by atoms with Gasteiger partial charge in [-0.3, -0.25) is 4.84 Å². The fourth-order valence-electron chi connectivity index (χ4n) is 3.24. The number of nitrogens with zero attached hydrogens (tertiary/aromatic N) is 1. The summed E-state index contributed by atoms with van der Waals surface area (Å²) in [6.45, 7) is 15.1. The molecule has 1 N–H and O–H groups in total. The van der Waals surface area contributed by atoms with Gasteiger partial charge in [-0.05, 0) is 57.9 Å². The van der Waals surface area contributed by atoms with Crippen LogP contribution in [-0.4, -0.2) is 51.8 Å². The van der Waals surface area contributed by atoms with Gasteiger partial charge in [-0.2, -0.15) is 4.89 Å². The minimum atomic E-state index is -4.05. The summed E-state index contributed by atoms with van der Waals surface area (Å²) in [5, 5.41) is 0. The molecule has 37 heavy (non-hydrogen) atoms. The van der Waals surface area contributed by atoms with Crippen molar-refractivity contribution in [1.29, 1.82) is 0 Å². The van der Waals surface area contributed by atoms with Gasteiger partial charge in [0, 0.05) is 31.6 Å². The van der Waals surface area contributed by atoms with Gasteiger partial charge in [0.1, 0.15) is 5.76 Å². The molecular formula is C27H42N2O7S. The van der Waals surface area contributed by atoms with Crippen molar-refractivity contribution in [3.05, 3.63) is 65.9 Å². The van der Waals surface area contributed by atoms with Crippen LogP contribution in [0.25, 0.3) is 0 Å². The largest absolute Gasteiger partial charge is 0.462 e. The molecule has 1 rings (SSSR count). The minimum absolute atomic E-state index is 0.0238. The van der Waals surface area contributed by atoms with E-state index in [1.807, 2.05) is 32.6 Å². The van der Waals surface area contributed by atoms with Gasteiger partial charge < -0.3 is 14.5 Å². The Labute approximate surface area is 221 Å². The Balaban J connectivity index is 2.86. The van der Waals surface area contributed by atoms with Gasteiger partial charge in [0.2, 0.25) is 9.84 Å². The van der Waals surface area contributed by atoms with Crippen molar-refractivity contribution in [3.63, 3.8) is 0 Å². The number of hydroxylamine groups is 1. The maximum absolute atomic E-state index is 13.1. The second kappa shape index (κ2) is 17.7. The highest BCUT2D eigenvalue weighted by atomic mass is 32.2. The van der Waals surface area contributed by atoms with E-state index in [-0.39, 0.29) is 23.6 Å². The first-order valence-electron chi connectivity index (χ1n) is 12.7. The quantitative estimate of drug-likeness (QED) is 0.0385. The van der Waals surface area contributed by atoms with Gasteiger partial charge >= 0.3 is 5.97 Å². The number of carbonyl (C=O) groups is 1. The molecule has 0 bridgehead atoms. The number of benzene rings is 1. The molecule has 0 aromatic heterocycles. The van der Waals surface area contributed by atoms with Crippen LogP contribution in [0.5, 0.6) is 0 Å². The Morgan fingerprint density at radius 1 is 1.11 bits per heavy atom. The summed E-state index contributed by atoms with van der Waals surface area (Å²) >= 11 is 0. The molecule has 1 aromatic carbocycles. The second-order valence-corrected chi connectivity index (χ2v) is 10.3. The summed E-state index contributed by atoms with van der Waals surface area (Å²) < 4.78 is 31.2. The van der Waals surface area contributed by atoms with Gasteiger partial charge in [0.25, 0.3) is 0 Å². The third-order valence-corrected chi connectivity index (χ3v) is 6.86. The van der Waals surface area contributed by atoms with E-state index in [1.165, 1.54) is 24.3 Å². The first-order chi connectivity index (χ1) is 17.7. The Bertz CT molecular complexity index is 976. The predicted octanol–water partition coefficient (Wildman–Crippen LogP) is 4.90. The van der Waals surface area contributed by atoms with Crippen LogP contribution in [0.4, 0.5) is 0 Å². The molecule has 0 heterocycles. The number of rotatable bonds is 19. The average molecular weight is 539 g/mol. The van der Waals surface area contributed by atoms with E-state index in [1.54, 1.807) is 31.3 Å². The Morgan fingerprint density at radius 2 is 1.81 bits per heavy atom. The molecule has 0 radical (unpaired) electrons. The molecule has 1 atom stereocenters. The lowest BCUT2D eigenvalue weighted by atomic mass is 10.1. The maximum atomic E-state index is 13.1. The molecule has 9 nitrogen and oxygen atoms in total. The molecule has 0 saturated carbocycles. The third kappa shape index (κ3) is 11.5. The number of sulfone groups is 1. The van der Waals surface area contributed by atoms with E-state index in [4.69, 9.17) is 19.3 Å². The van der Waals surface area contributed by atoms with Crippen molar-refractivity contribution >= 4 is 15.8 Å². The zero-order valence-corrected chi connectivity index (χ0v) is 23.5. The normalized spacial score (nSPS) is 13.1. The van der Waals surface area contributed by atoms with Gasteiger partial charge in [-0.15, -0.1) is 0 Å². The Morgan fingerprint density at radius 3 is 2.41 bits per heavy atom. The van der Waals surface area contributed by atoms with Crippen LogP contribution in [0, 0.1) is 5.92 Å². The lowest BCUT2D eigenvalue weighted by molar-refractivity contribution is -0.259. The Kier molecular flexibility index (Phi) is 15.5. The molecule has 1 aromatic rings. The van der Waals surface area contributed by atoms with E-state index < -0.39 is 20.7 Å². The molecule has 10 heteroatoms. The summed E-state index contributed by atoms with van der Waals surface area (Å²) in [6.07, 6.45) is 6.60. The number of carbonyl (C=O) groups excluding carboxylic acids is 1. The molecule has 1 unspecified atom stereocenters. The summed E-state index contributed by atoms with van der Waals surface area (Å²) in [6, 6.07) is 7.81. The second-order valence-electron chi connectivity index (χ2n) is 8.37. The minimum Gasteiger partial charge on any atom is -0.462 e. The molecule has 0 fully saturated rings. The lowest BCUT2D eigenvalue weighted by Gasteiger charge is -2.32. The van der Waals surface area contributed by atoms with Crippen molar-refractivity contribution in [2.45, 2.75) is 65.0 Å². The van der Waals surface area contributed by atoms with Crippen molar-refractivity contribution in [3.8, 4) is 0 Å². The van der Waals surface area contributed by atoms with E-state index >= 15 is 0 Å². The number of hydrogen-bond donors (Lipinski definition) is 1. The fourth-order valence-corrected chi connectivity index (χ4v) is 4.55. The topological polar surface area (TPSA) is 103 Å². The molecule has 208 valence electrons. The molecule has 0 amide bonds. The SMILES string of the molecule is C=C(CCCCNOC(C(C)C)N(C=CC=C(C(=O)OCC)S(=O)(=O)c1ccccc1)CC)OOCC. The van der Waals surface area contributed by atoms with Crippen LogP contribution in [0.15, 0.2) is 70.8 Å². The van der Waals surface area contributed by atoms with Crippen molar-refractivity contribution in [2.75, 3.05) is 26.3 Å². The summed E-state index contributed by atoms with van der Waals surface area (Å²) in [5.41, 5.74) is 3.02. The first kappa shape index (κ1) is 32.4. The number of nitrogens with one attached hydrogen (secondary N) is 1. The lowest BCUT2D eigenvalue weighted by Crippen LogP contribution is -2.41. The highest BCUT2D eigenvalue weighted by Gasteiger charge is 2.27. The van der Waals surface area contributed by atoms with Gasteiger partial charge in [-0.1, -0.05) is 38.6 Å². The summed E-state index contributed by atoms with van der Waals surface area (Å²) in [7, 11) is -4.05. The zero-order chi connectivity index (χ0) is 27.7. The fraction of sp³-hybridized carbons (Fsp3) is 0.519. The Hall–Kier alpha value is -2.66. The maximum Gasteiger partial charge on any atom is 0.350 e. The highest BCUT2D eigenvalue weighted by Crippen LogP contribution is 2.21. The molecular weight excluding hydrogens is 496 g/mol. The van der Waals surface area contributed by atoms with Gasteiger partial charge in [-0.25, -0.2) is 18.7 Å². The van der Waals surface area contributed by atoms with Crippen LogP contribution in [-0.2, 0) is 34.0 Å². The van der Waals surface area contributed by atoms with Crippen LogP contribution < -0.4 is 5.48 Å². The van der Waals surface area contributed by atoms with E-state index in [0.29, 0.717) is 31.9 Å². The highest BCUT2D eigenvalue weighted by molar-refractivity contribution is 7.96. The smallest absolute Gasteiger partial charge is 0.350 e. The molecule has 0 aliphatic rings. The third-order valence-electron chi connectivity index (χ3n) is 5.09. The van der Waals surface area contributed by atoms with Crippen LogP contribution in [0.2, 0.25) is 0 Å². The summed E-state index contributed by atoms with van der Waals surface area (Å²) in [4.78, 5) is 29.8. The van der Waals surface area contributed by atoms with Crippen molar-refractivity contribution < 1.29 is 32.6 Å². The van der Waals surface area contributed by atoms with Crippen LogP contribution in [0.1, 0.15) is 53.9 Å². The molecule has 0 spiro atoms. The molecule has 0 aliphatic heterocycles. The molecule has 0 aliphatic carbocycles. The predicted molar refractivity (Wildman–Crippen MR) is 143 cm³/mol. The number of unbranched alkanes of at least 4 members (excludes halogenated alkanes) is 1. The monoisotopic (exact) mass is 538 g/mol. The zero-order valence-electron chi connectivity index (χ0n) is 22.6. The van der Waals surface area contributed by atoms with E-state index in [2.05, 4.69) is 12.1 Å². The number of hydrogen-bond acceptors (Lipinski definition) is 9. The standard InChI is InChI=1S/C27H42N2O7S/c1-7-29(26(22(4)5)35-28-20-14-13-16-23(6)36-34-9-3)21-15-19-25(27(30)33-8-2)37(31,32)24-17-11-10-12-18-24/h10-12,15,17-19,21-22,26,28H,6-9,13-14,16,20H2,1-5H3. The number of allylic oxidation sites excluding steroid dienone is 3. The molecule has 0 saturated heterocycles. The van der Waals surface area contributed by atoms with Gasteiger partial charge in [0.15, 0.2) is 11.1 Å². The van der Waals surface area contributed by atoms with Gasteiger partial charge in [0.05, 0.1) is 18.1 Å². The van der Waals surface area contributed by atoms with E-state index in [0.717, 1.165) is 12.8 Å². The number of ether oxygens (including phenoxy) is 1. The van der Waals surface area contributed by atoms with Crippen LogP contribution >= 0.6 is 0 Å².